The van der Waals surface area contributed by atoms with Gasteiger partial charge in [-0.2, -0.15) is 4.68 Å². The number of tetrazole rings is 1. The van der Waals surface area contributed by atoms with Crippen LogP contribution in [0.2, 0.25) is 5.02 Å². The second-order valence-corrected chi connectivity index (χ2v) is 12.6. The first kappa shape index (κ1) is 35.9. The van der Waals surface area contributed by atoms with E-state index in [4.69, 9.17) is 16.3 Å². The van der Waals surface area contributed by atoms with Crippen LogP contribution in [0.15, 0.2) is 103 Å². The Hall–Kier alpha value is -6.41. The van der Waals surface area contributed by atoms with Gasteiger partial charge in [0.15, 0.2) is 0 Å². The van der Waals surface area contributed by atoms with Gasteiger partial charge in [0.2, 0.25) is 5.91 Å². The summed E-state index contributed by atoms with van der Waals surface area (Å²) in [6.07, 6.45) is 1.28. The molecule has 4 N–H and O–H groups in total. The Bertz CT molecular complexity index is 2030. The first-order valence-electron chi connectivity index (χ1n) is 15.6. The number of nitrogens with one attached hydrogen (secondary N) is 4. The van der Waals surface area contributed by atoms with Crippen LogP contribution in [-0.4, -0.2) is 61.4 Å². The average Bonchev–Trinajstić information content (AvgIpc) is 3.63. The molecule has 14 nitrogen and oxygen atoms in total. The smallest absolute Gasteiger partial charge is 0.338 e. The normalized spacial score (nSPS) is 11.5. The van der Waals surface area contributed by atoms with E-state index in [9.17, 15) is 24.0 Å². The topological polar surface area (TPSA) is 186 Å². The van der Waals surface area contributed by atoms with Gasteiger partial charge in [0, 0.05) is 28.4 Å². The molecule has 0 saturated heterocycles. The predicted molar refractivity (Wildman–Crippen MR) is 190 cm³/mol. The number of nitrogens with zero attached hydrogens (tertiary/aromatic N) is 4. The van der Waals surface area contributed by atoms with E-state index >= 15 is 0 Å². The van der Waals surface area contributed by atoms with Crippen molar-refractivity contribution < 1.29 is 28.7 Å². The van der Waals surface area contributed by atoms with Crippen LogP contribution in [-0.2, 0) is 25.5 Å². The molecular weight excluding hydrogens is 676 g/mol. The van der Waals surface area contributed by atoms with Crippen LogP contribution in [0.25, 0.3) is 5.69 Å². The first-order valence-corrected chi connectivity index (χ1v) is 16.0. The third kappa shape index (κ3) is 10.1. The summed E-state index contributed by atoms with van der Waals surface area (Å²) in [7, 11) is 0. The molecule has 0 bridgehead atoms. The molecular formula is C36H33ClN8O6. The Balaban J connectivity index is 1.32. The summed E-state index contributed by atoms with van der Waals surface area (Å²) >= 11 is 6.15. The lowest BCUT2D eigenvalue weighted by Crippen LogP contribution is -2.49. The molecule has 0 unspecified atom stereocenters. The van der Waals surface area contributed by atoms with Crippen molar-refractivity contribution >= 4 is 58.3 Å². The molecule has 0 saturated carbocycles. The molecule has 1 aromatic heterocycles. The quantitative estimate of drug-likeness (QED) is 0.116. The molecule has 0 aliphatic heterocycles. The third-order valence-electron chi connectivity index (χ3n) is 7.11. The zero-order valence-corrected chi connectivity index (χ0v) is 28.5. The second-order valence-electron chi connectivity index (χ2n) is 12.2. The van der Waals surface area contributed by atoms with Gasteiger partial charge < -0.3 is 26.0 Å². The maximum Gasteiger partial charge on any atom is 0.338 e. The van der Waals surface area contributed by atoms with Crippen molar-refractivity contribution in [2.45, 2.75) is 38.8 Å². The molecule has 1 heterocycles. The van der Waals surface area contributed by atoms with Gasteiger partial charge in [-0.1, -0.05) is 41.9 Å². The fraction of sp³-hybridized carbons (Fsp3) is 0.167. The minimum absolute atomic E-state index is 0.0270. The zero-order chi connectivity index (χ0) is 36.5. The number of hydrogen-bond acceptors (Lipinski definition) is 9. The van der Waals surface area contributed by atoms with Crippen molar-refractivity contribution in [3.63, 3.8) is 0 Å². The molecule has 4 aromatic carbocycles. The molecule has 0 spiro atoms. The van der Waals surface area contributed by atoms with Gasteiger partial charge in [0.1, 0.15) is 18.0 Å². The number of amides is 4. The van der Waals surface area contributed by atoms with E-state index in [2.05, 4.69) is 36.8 Å². The molecule has 15 heteroatoms. The van der Waals surface area contributed by atoms with Gasteiger partial charge >= 0.3 is 17.8 Å². The van der Waals surface area contributed by atoms with Gasteiger partial charge in [0.05, 0.1) is 16.9 Å². The van der Waals surface area contributed by atoms with Crippen molar-refractivity contribution in [1.29, 1.82) is 0 Å². The van der Waals surface area contributed by atoms with E-state index in [1.165, 1.54) is 41.3 Å². The van der Waals surface area contributed by atoms with Crippen LogP contribution < -0.4 is 21.3 Å². The van der Waals surface area contributed by atoms with Crippen LogP contribution in [0.3, 0.4) is 0 Å². The van der Waals surface area contributed by atoms with E-state index < -0.39 is 35.3 Å². The summed E-state index contributed by atoms with van der Waals surface area (Å²) in [6, 6.07) is 24.8. The van der Waals surface area contributed by atoms with Crippen LogP contribution in [0.5, 0.6) is 0 Å². The van der Waals surface area contributed by atoms with Gasteiger partial charge in [-0.25, -0.2) is 4.79 Å². The molecule has 260 valence electrons. The molecule has 4 amide bonds. The molecule has 51 heavy (non-hydrogen) atoms. The number of carbonyl (C=O) groups excluding carboxylic acids is 5. The minimum atomic E-state index is -1.24. The summed E-state index contributed by atoms with van der Waals surface area (Å²) in [5, 5.41) is 21.8. The maximum absolute atomic E-state index is 13.6. The van der Waals surface area contributed by atoms with E-state index in [0.717, 1.165) is 0 Å². The largest absolute Gasteiger partial charge is 0.456 e. The van der Waals surface area contributed by atoms with Gasteiger partial charge in [0.25, 0.3) is 5.91 Å². The van der Waals surface area contributed by atoms with Crippen molar-refractivity contribution in [2.75, 3.05) is 16.0 Å². The Morgan fingerprint density at radius 1 is 0.784 bits per heavy atom. The highest BCUT2D eigenvalue weighted by atomic mass is 35.5. The van der Waals surface area contributed by atoms with Crippen LogP contribution in [0.1, 0.15) is 47.1 Å². The summed E-state index contributed by atoms with van der Waals surface area (Å²) in [4.78, 5) is 65.0. The number of ether oxygens (including phenoxy) is 1. The number of aromatic nitrogens is 4. The van der Waals surface area contributed by atoms with Gasteiger partial charge in [-0.3, -0.25) is 19.2 Å². The zero-order valence-electron chi connectivity index (χ0n) is 27.7. The van der Waals surface area contributed by atoms with Crippen molar-refractivity contribution in [1.82, 2.24) is 25.5 Å². The molecule has 0 aliphatic rings. The van der Waals surface area contributed by atoms with E-state index in [-0.39, 0.29) is 28.6 Å². The number of hydrogen-bond donors (Lipinski definition) is 4. The number of halogens is 1. The monoisotopic (exact) mass is 708 g/mol. The van der Waals surface area contributed by atoms with Crippen molar-refractivity contribution in [3.8, 4) is 5.69 Å². The highest BCUT2D eigenvalue weighted by Gasteiger charge is 2.26. The summed E-state index contributed by atoms with van der Waals surface area (Å²) in [5.41, 5.74) is 2.04. The number of rotatable bonds is 10. The molecule has 1 atom stereocenters. The summed E-state index contributed by atoms with van der Waals surface area (Å²) in [6.45, 7) is 5.26. The van der Waals surface area contributed by atoms with E-state index in [1.54, 1.807) is 81.4 Å². The van der Waals surface area contributed by atoms with Gasteiger partial charge in [-0.15, -0.1) is 5.10 Å². The Morgan fingerprint density at radius 2 is 1.45 bits per heavy atom. The maximum atomic E-state index is 13.6. The fourth-order valence-corrected chi connectivity index (χ4v) is 4.87. The standard InChI is InChI=1S/C36H33ClN8O6/c1-36(2,3)51-35(50)24-11-16-27(17-12-24)40-32(47)29(19-22-9-14-26(15-10-22)39-31(46)23-7-5-4-6-8-23)42-34(49)33(48)41-28-20-25(37)13-18-30(28)45-21-38-43-44-45/h4-18,20-21,29H,19H2,1-3H3,(H,39,46)(H,40,47)(H,41,48)(H,42,49)/t29-/m0/s1. The number of carbonyl (C=O) groups is 5. The van der Waals surface area contributed by atoms with Crippen LogP contribution >= 0.6 is 11.6 Å². The lowest BCUT2D eigenvalue weighted by Gasteiger charge is -2.20. The lowest BCUT2D eigenvalue weighted by molar-refractivity contribution is -0.137. The number of esters is 1. The minimum Gasteiger partial charge on any atom is -0.456 e. The van der Waals surface area contributed by atoms with Crippen LogP contribution in [0.4, 0.5) is 17.1 Å². The number of benzene rings is 4. The Labute approximate surface area is 297 Å². The fourth-order valence-electron chi connectivity index (χ4n) is 4.70. The van der Waals surface area contributed by atoms with E-state index in [1.807, 2.05) is 6.07 Å². The number of anilines is 3. The molecule has 0 fully saturated rings. The Kier molecular flexibility index (Phi) is 11.2. The molecule has 5 aromatic rings. The van der Waals surface area contributed by atoms with Crippen molar-refractivity contribution in [3.05, 3.63) is 125 Å². The lowest BCUT2D eigenvalue weighted by atomic mass is 10.0. The highest BCUT2D eigenvalue weighted by Crippen LogP contribution is 2.24. The van der Waals surface area contributed by atoms with Crippen LogP contribution in [0, 0.1) is 0 Å². The highest BCUT2D eigenvalue weighted by molar-refractivity contribution is 6.40. The van der Waals surface area contributed by atoms with E-state index in [0.29, 0.717) is 28.2 Å². The summed E-state index contributed by atoms with van der Waals surface area (Å²) < 4.78 is 6.67. The van der Waals surface area contributed by atoms with Gasteiger partial charge in [-0.05, 0) is 103 Å². The third-order valence-corrected chi connectivity index (χ3v) is 7.34. The SMILES string of the molecule is CC(C)(C)OC(=O)c1ccc(NC(=O)[C@H](Cc2ccc(NC(=O)c3ccccc3)cc2)NC(=O)C(=O)Nc2cc(Cl)ccc2-n2cnnn2)cc1. The van der Waals surface area contributed by atoms with Crippen molar-refractivity contribution in [2.24, 2.45) is 0 Å². The average molecular weight is 709 g/mol. The second kappa shape index (κ2) is 15.9. The predicted octanol–water partition coefficient (Wildman–Crippen LogP) is 4.83. The first-order chi connectivity index (χ1) is 24.3. The molecule has 0 radical (unpaired) electrons. The molecule has 5 rings (SSSR count). The Morgan fingerprint density at radius 3 is 2.10 bits per heavy atom. The molecule has 0 aliphatic carbocycles. The summed E-state index contributed by atoms with van der Waals surface area (Å²) in [5.74, 6) is -3.64.